The second-order valence-electron chi connectivity index (χ2n) is 4.04. The maximum absolute atomic E-state index is 11.1. The fourth-order valence-electron chi connectivity index (χ4n) is 2.39. The Morgan fingerprint density at radius 2 is 2.19 bits per heavy atom. The summed E-state index contributed by atoms with van der Waals surface area (Å²) in [6, 6.07) is 7.35. The summed E-state index contributed by atoms with van der Waals surface area (Å²) in [5.74, 6) is -0.826. The van der Waals surface area contributed by atoms with E-state index < -0.39 is 12.0 Å². The second-order valence-corrected chi connectivity index (χ2v) is 4.04. The zero-order valence-electron chi connectivity index (χ0n) is 8.66. The van der Waals surface area contributed by atoms with E-state index in [9.17, 15) is 4.79 Å². The highest BCUT2D eigenvalue weighted by Crippen LogP contribution is 2.29. The van der Waals surface area contributed by atoms with Gasteiger partial charge >= 0.3 is 5.97 Å². The van der Waals surface area contributed by atoms with Gasteiger partial charge in [-0.2, -0.15) is 0 Å². The normalized spacial score (nSPS) is 19.6. The van der Waals surface area contributed by atoms with Crippen molar-refractivity contribution >= 4 is 16.9 Å². The number of aromatic nitrogens is 1. The van der Waals surface area contributed by atoms with E-state index in [2.05, 4.69) is 10.3 Å². The average Bonchev–Trinajstić information content (AvgIpc) is 2.67. The number of carboxylic acid groups (broad SMARTS) is 1. The summed E-state index contributed by atoms with van der Waals surface area (Å²) in [5.41, 5.74) is 2.96. The molecule has 1 atom stereocenters. The molecule has 0 saturated heterocycles. The topological polar surface area (TPSA) is 65.1 Å². The van der Waals surface area contributed by atoms with Crippen molar-refractivity contribution in [3.8, 4) is 0 Å². The van der Waals surface area contributed by atoms with Crippen LogP contribution in [-0.4, -0.2) is 22.6 Å². The molecule has 0 unspecified atom stereocenters. The van der Waals surface area contributed by atoms with E-state index in [0.717, 1.165) is 28.6 Å². The number of carboxylic acids is 1. The van der Waals surface area contributed by atoms with Crippen molar-refractivity contribution < 1.29 is 9.90 Å². The largest absolute Gasteiger partial charge is 0.480 e. The van der Waals surface area contributed by atoms with Crippen LogP contribution in [0.1, 0.15) is 17.3 Å². The molecule has 16 heavy (non-hydrogen) atoms. The molecular weight excluding hydrogens is 204 g/mol. The summed E-state index contributed by atoms with van der Waals surface area (Å²) in [6.07, 6.45) is 0.878. The molecule has 3 rings (SSSR count). The molecule has 4 heteroatoms. The second kappa shape index (κ2) is 3.35. The Morgan fingerprint density at radius 1 is 1.38 bits per heavy atom. The number of nitrogens with one attached hydrogen (secondary N) is 2. The van der Waals surface area contributed by atoms with Gasteiger partial charge in [-0.05, 0) is 18.1 Å². The molecule has 1 aromatic heterocycles. The van der Waals surface area contributed by atoms with E-state index in [4.69, 9.17) is 5.11 Å². The van der Waals surface area contributed by atoms with Gasteiger partial charge in [0.1, 0.15) is 6.04 Å². The van der Waals surface area contributed by atoms with E-state index in [1.165, 1.54) is 0 Å². The summed E-state index contributed by atoms with van der Waals surface area (Å²) in [6.45, 7) is 0.714. The van der Waals surface area contributed by atoms with E-state index in [1.54, 1.807) is 0 Å². The van der Waals surface area contributed by atoms with Crippen LogP contribution < -0.4 is 5.32 Å². The van der Waals surface area contributed by atoms with Crippen molar-refractivity contribution in [3.05, 3.63) is 35.5 Å². The Labute approximate surface area is 92.3 Å². The molecule has 0 fully saturated rings. The number of H-pyrrole nitrogens is 1. The Kier molecular flexibility index (Phi) is 1.97. The third kappa shape index (κ3) is 1.23. The Balaban J connectivity index is 2.25. The fraction of sp³-hybridized carbons (Fsp3) is 0.250. The van der Waals surface area contributed by atoms with Crippen LogP contribution >= 0.6 is 0 Å². The number of rotatable bonds is 1. The Morgan fingerprint density at radius 3 is 3.00 bits per heavy atom. The van der Waals surface area contributed by atoms with Gasteiger partial charge in [0.25, 0.3) is 0 Å². The Bertz CT molecular complexity index is 559. The number of fused-ring (bicyclic) bond motifs is 3. The lowest BCUT2D eigenvalue weighted by Crippen LogP contribution is -2.34. The van der Waals surface area contributed by atoms with Gasteiger partial charge in [-0.3, -0.25) is 10.1 Å². The van der Waals surface area contributed by atoms with Gasteiger partial charge in [0.2, 0.25) is 0 Å². The van der Waals surface area contributed by atoms with Crippen LogP contribution in [0.3, 0.4) is 0 Å². The van der Waals surface area contributed by atoms with Crippen LogP contribution in [0, 0.1) is 0 Å². The highest BCUT2D eigenvalue weighted by atomic mass is 16.4. The number of hydrogen-bond acceptors (Lipinski definition) is 2. The van der Waals surface area contributed by atoms with Crippen LogP contribution in [0.15, 0.2) is 24.3 Å². The minimum Gasteiger partial charge on any atom is -0.480 e. The van der Waals surface area contributed by atoms with Gasteiger partial charge in [0.15, 0.2) is 0 Å². The standard InChI is InChI=1S/C12H12N2O2/c15-12(16)11-10-8(5-6-13-11)7-3-1-2-4-9(7)14-10/h1-4,11,13-14H,5-6H2,(H,15,16)/t11-/m1/s1. The molecule has 1 aliphatic heterocycles. The lowest BCUT2D eigenvalue weighted by molar-refractivity contribution is -0.139. The molecule has 2 heterocycles. The maximum Gasteiger partial charge on any atom is 0.326 e. The number of carbonyl (C=O) groups is 1. The molecule has 3 N–H and O–H groups in total. The molecule has 0 radical (unpaired) electrons. The van der Waals surface area contributed by atoms with Crippen molar-refractivity contribution in [1.82, 2.24) is 10.3 Å². The van der Waals surface area contributed by atoms with Gasteiger partial charge < -0.3 is 10.1 Å². The molecule has 0 saturated carbocycles. The molecule has 4 nitrogen and oxygen atoms in total. The molecule has 0 amide bonds. The zero-order chi connectivity index (χ0) is 11.1. The van der Waals surface area contributed by atoms with Crippen LogP contribution in [0.4, 0.5) is 0 Å². The number of aliphatic carboxylic acids is 1. The predicted molar refractivity (Wildman–Crippen MR) is 60.4 cm³/mol. The predicted octanol–water partition coefficient (Wildman–Crippen LogP) is 1.44. The smallest absolute Gasteiger partial charge is 0.326 e. The Hall–Kier alpha value is -1.81. The van der Waals surface area contributed by atoms with E-state index >= 15 is 0 Å². The minimum atomic E-state index is -0.826. The molecular formula is C12H12N2O2. The minimum absolute atomic E-state index is 0.601. The summed E-state index contributed by atoms with van der Waals surface area (Å²) in [5, 5.41) is 13.3. The average molecular weight is 216 g/mol. The number of hydrogen-bond donors (Lipinski definition) is 3. The van der Waals surface area contributed by atoms with Crippen molar-refractivity contribution in [2.45, 2.75) is 12.5 Å². The van der Waals surface area contributed by atoms with Gasteiger partial charge in [0, 0.05) is 23.1 Å². The number of benzene rings is 1. The first-order valence-electron chi connectivity index (χ1n) is 5.33. The van der Waals surface area contributed by atoms with Gasteiger partial charge in [0.05, 0.1) is 0 Å². The maximum atomic E-state index is 11.1. The third-order valence-electron chi connectivity index (χ3n) is 3.11. The number of aromatic amines is 1. The van der Waals surface area contributed by atoms with Crippen LogP contribution in [0.5, 0.6) is 0 Å². The van der Waals surface area contributed by atoms with Crippen LogP contribution in [0.25, 0.3) is 10.9 Å². The summed E-state index contributed by atoms with van der Waals surface area (Å²) < 4.78 is 0. The molecule has 1 aromatic carbocycles. The third-order valence-corrected chi connectivity index (χ3v) is 3.11. The lowest BCUT2D eigenvalue weighted by atomic mass is 9.99. The quantitative estimate of drug-likeness (QED) is 0.675. The molecule has 0 bridgehead atoms. The zero-order valence-corrected chi connectivity index (χ0v) is 8.66. The lowest BCUT2D eigenvalue weighted by Gasteiger charge is -2.20. The van der Waals surface area contributed by atoms with Crippen molar-refractivity contribution in [2.24, 2.45) is 0 Å². The molecule has 82 valence electrons. The molecule has 0 aliphatic carbocycles. The summed E-state index contributed by atoms with van der Waals surface area (Å²) >= 11 is 0. The van der Waals surface area contributed by atoms with Crippen LogP contribution in [-0.2, 0) is 11.2 Å². The first-order chi connectivity index (χ1) is 7.77. The summed E-state index contributed by atoms with van der Waals surface area (Å²) in [7, 11) is 0. The fourth-order valence-corrected chi connectivity index (χ4v) is 2.39. The molecule has 2 aromatic rings. The van der Waals surface area contributed by atoms with Crippen molar-refractivity contribution in [2.75, 3.05) is 6.54 Å². The first kappa shape index (κ1) is 9.42. The first-order valence-corrected chi connectivity index (χ1v) is 5.33. The van der Waals surface area contributed by atoms with Gasteiger partial charge in [-0.25, -0.2) is 0 Å². The SMILES string of the molecule is O=C(O)[C@@H]1NCCc2c1[nH]c1ccccc21. The number of para-hydroxylation sites is 1. The van der Waals surface area contributed by atoms with Crippen molar-refractivity contribution in [3.63, 3.8) is 0 Å². The summed E-state index contributed by atoms with van der Waals surface area (Å²) in [4.78, 5) is 14.3. The van der Waals surface area contributed by atoms with Crippen molar-refractivity contribution in [1.29, 1.82) is 0 Å². The molecule has 0 spiro atoms. The van der Waals surface area contributed by atoms with Crippen LogP contribution in [0.2, 0.25) is 0 Å². The monoisotopic (exact) mass is 216 g/mol. The van der Waals surface area contributed by atoms with Gasteiger partial charge in [-0.15, -0.1) is 0 Å². The molecule has 1 aliphatic rings. The van der Waals surface area contributed by atoms with E-state index in [1.807, 2.05) is 24.3 Å². The highest BCUT2D eigenvalue weighted by molar-refractivity contribution is 5.88. The van der Waals surface area contributed by atoms with E-state index in [-0.39, 0.29) is 0 Å². The van der Waals surface area contributed by atoms with Gasteiger partial charge in [-0.1, -0.05) is 18.2 Å². The van der Waals surface area contributed by atoms with E-state index in [0.29, 0.717) is 6.54 Å². The highest BCUT2D eigenvalue weighted by Gasteiger charge is 2.28.